The normalized spacial score (nSPS) is 10.8. The zero-order valence-electron chi connectivity index (χ0n) is 13.5. The average Bonchev–Trinajstić information content (AvgIpc) is 2.60. The molecule has 3 aromatic rings. The van der Waals surface area contributed by atoms with E-state index >= 15 is 0 Å². The molecular formula is C19H18O5. The van der Waals surface area contributed by atoms with Gasteiger partial charge in [0, 0.05) is 18.6 Å². The molecule has 3 rings (SSSR count). The second-order valence-corrected chi connectivity index (χ2v) is 5.45. The van der Waals surface area contributed by atoms with Crippen LogP contribution in [0.1, 0.15) is 11.3 Å². The molecule has 5 heteroatoms. The Morgan fingerprint density at radius 2 is 1.75 bits per heavy atom. The first-order chi connectivity index (χ1) is 11.6. The smallest absolute Gasteiger partial charge is 0.193 e. The van der Waals surface area contributed by atoms with Crippen molar-refractivity contribution in [2.24, 2.45) is 0 Å². The van der Waals surface area contributed by atoms with Gasteiger partial charge in [-0.2, -0.15) is 0 Å². The number of rotatable bonds is 5. The highest BCUT2D eigenvalue weighted by molar-refractivity contribution is 5.80. The fraction of sp³-hybridized carbons (Fsp3) is 0.211. The van der Waals surface area contributed by atoms with Gasteiger partial charge >= 0.3 is 0 Å². The number of ether oxygens (including phenoxy) is 2. The number of benzene rings is 2. The molecule has 1 N–H and O–H groups in total. The fourth-order valence-corrected chi connectivity index (χ4v) is 2.57. The fourth-order valence-electron chi connectivity index (χ4n) is 2.57. The summed E-state index contributed by atoms with van der Waals surface area (Å²) < 4.78 is 15.9. The van der Waals surface area contributed by atoms with Gasteiger partial charge in [0.25, 0.3) is 0 Å². The molecule has 0 unspecified atom stereocenters. The van der Waals surface area contributed by atoms with Crippen molar-refractivity contribution in [1.29, 1.82) is 0 Å². The first-order valence-electron chi connectivity index (χ1n) is 7.57. The maximum Gasteiger partial charge on any atom is 0.193 e. The van der Waals surface area contributed by atoms with Gasteiger partial charge in [-0.15, -0.1) is 0 Å². The Morgan fingerprint density at radius 3 is 2.42 bits per heavy atom. The van der Waals surface area contributed by atoms with Crippen LogP contribution in [0.3, 0.4) is 0 Å². The SMILES string of the molecule is COc1ccc(CCc2cc(=O)c3cc(OC)c(O)cc3o2)cc1. The summed E-state index contributed by atoms with van der Waals surface area (Å²) in [6, 6.07) is 12.1. The lowest BCUT2D eigenvalue weighted by atomic mass is 10.1. The molecule has 0 atom stereocenters. The molecule has 124 valence electrons. The van der Waals surface area contributed by atoms with Crippen LogP contribution in [-0.2, 0) is 12.8 Å². The van der Waals surface area contributed by atoms with Gasteiger partial charge in [-0.25, -0.2) is 0 Å². The van der Waals surface area contributed by atoms with Crippen LogP contribution in [0.5, 0.6) is 17.2 Å². The largest absolute Gasteiger partial charge is 0.504 e. The van der Waals surface area contributed by atoms with Gasteiger partial charge < -0.3 is 19.0 Å². The minimum absolute atomic E-state index is 0.0551. The van der Waals surface area contributed by atoms with Crippen LogP contribution in [0.15, 0.2) is 51.7 Å². The predicted octanol–water partition coefficient (Wildman–Crippen LogP) is 3.30. The van der Waals surface area contributed by atoms with Crippen LogP contribution in [0, 0.1) is 0 Å². The number of aromatic hydroxyl groups is 1. The van der Waals surface area contributed by atoms with Gasteiger partial charge in [-0.1, -0.05) is 12.1 Å². The number of phenols is 1. The third kappa shape index (κ3) is 3.20. The van der Waals surface area contributed by atoms with E-state index in [1.54, 1.807) is 7.11 Å². The van der Waals surface area contributed by atoms with Gasteiger partial charge in [0.1, 0.15) is 17.1 Å². The van der Waals surface area contributed by atoms with Crippen molar-refractivity contribution >= 4 is 11.0 Å². The van der Waals surface area contributed by atoms with Crippen molar-refractivity contribution in [2.45, 2.75) is 12.8 Å². The topological polar surface area (TPSA) is 68.9 Å². The van der Waals surface area contributed by atoms with Crippen LogP contribution in [0.25, 0.3) is 11.0 Å². The summed E-state index contributed by atoms with van der Waals surface area (Å²) in [7, 11) is 3.06. The summed E-state index contributed by atoms with van der Waals surface area (Å²) in [6.07, 6.45) is 1.32. The van der Waals surface area contributed by atoms with Crippen molar-refractivity contribution in [1.82, 2.24) is 0 Å². The standard InChI is InChI=1S/C19H18O5/c1-22-13-6-3-12(4-7-13)5-8-14-9-16(20)15-10-19(23-2)17(21)11-18(15)24-14/h3-4,6-7,9-11,21H,5,8H2,1-2H3. The summed E-state index contributed by atoms with van der Waals surface area (Å²) >= 11 is 0. The first kappa shape index (κ1) is 15.9. The van der Waals surface area contributed by atoms with E-state index in [0.717, 1.165) is 17.7 Å². The lowest BCUT2D eigenvalue weighted by Gasteiger charge is -2.07. The predicted molar refractivity (Wildman–Crippen MR) is 91.1 cm³/mol. The van der Waals surface area contributed by atoms with E-state index in [2.05, 4.69) is 0 Å². The third-order valence-electron chi connectivity index (χ3n) is 3.90. The Balaban J connectivity index is 1.85. The highest BCUT2D eigenvalue weighted by Gasteiger charge is 2.10. The number of fused-ring (bicyclic) bond motifs is 1. The van der Waals surface area contributed by atoms with E-state index in [1.165, 1.54) is 25.3 Å². The molecule has 0 amide bonds. The number of aryl methyl sites for hydroxylation is 2. The number of methoxy groups -OCH3 is 2. The molecule has 0 aliphatic heterocycles. The van der Waals surface area contributed by atoms with Gasteiger partial charge in [0.05, 0.1) is 19.6 Å². The van der Waals surface area contributed by atoms with E-state index < -0.39 is 0 Å². The minimum atomic E-state index is -0.153. The molecule has 0 saturated heterocycles. The lowest BCUT2D eigenvalue weighted by Crippen LogP contribution is -2.03. The van der Waals surface area contributed by atoms with Crippen LogP contribution < -0.4 is 14.9 Å². The van der Waals surface area contributed by atoms with Gasteiger partial charge in [0.2, 0.25) is 0 Å². The van der Waals surface area contributed by atoms with Gasteiger partial charge in [0.15, 0.2) is 16.9 Å². The Morgan fingerprint density at radius 1 is 1.00 bits per heavy atom. The lowest BCUT2D eigenvalue weighted by molar-refractivity contribution is 0.373. The Labute approximate surface area is 139 Å². The molecule has 2 aromatic carbocycles. The highest BCUT2D eigenvalue weighted by Crippen LogP contribution is 2.30. The molecule has 1 heterocycles. The van der Waals surface area contributed by atoms with Crippen molar-refractivity contribution in [3.8, 4) is 17.2 Å². The van der Waals surface area contributed by atoms with Crippen molar-refractivity contribution in [3.05, 3.63) is 64.0 Å². The molecule has 0 spiro atoms. The summed E-state index contributed by atoms with van der Waals surface area (Å²) in [5, 5.41) is 10.2. The molecule has 0 fully saturated rings. The van der Waals surface area contributed by atoms with E-state index in [9.17, 15) is 9.90 Å². The summed E-state index contributed by atoms with van der Waals surface area (Å²) in [5.41, 5.74) is 1.32. The maximum absolute atomic E-state index is 12.3. The van der Waals surface area contributed by atoms with Crippen molar-refractivity contribution < 1.29 is 19.0 Å². The molecular weight excluding hydrogens is 308 g/mol. The average molecular weight is 326 g/mol. The second kappa shape index (κ2) is 6.66. The van der Waals surface area contributed by atoms with Crippen LogP contribution in [0.4, 0.5) is 0 Å². The minimum Gasteiger partial charge on any atom is -0.504 e. The molecule has 0 aliphatic carbocycles. The molecule has 24 heavy (non-hydrogen) atoms. The molecule has 0 aliphatic rings. The molecule has 0 bridgehead atoms. The second-order valence-electron chi connectivity index (χ2n) is 5.45. The van der Waals surface area contributed by atoms with Gasteiger partial charge in [-0.3, -0.25) is 4.79 Å². The van der Waals surface area contributed by atoms with E-state index in [4.69, 9.17) is 13.9 Å². The Hall–Kier alpha value is -2.95. The quantitative estimate of drug-likeness (QED) is 0.779. The zero-order valence-corrected chi connectivity index (χ0v) is 13.5. The molecule has 5 nitrogen and oxygen atoms in total. The molecule has 0 saturated carbocycles. The Kier molecular flexibility index (Phi) is 4.42. The van der Waals surface area contributed by atoms with E-state index in [0.29, 0.717) is 23.2 Å². The highest BCUT2D eigenvalue weighted by atomic mass is 16.5. The molecule has 0 radical (unpaired) electrons. The van der Waals surface area contributed by atoms with Crippen LogP contribution in [-0.4, -0.2) is 19.3 Å². The monoisotopic (exact) mass is 326 g/mol. The summed E-state index contributed by atoms with van der Waals surface area (Å²) in [6.45, 7) is 0. The first-order valence-corrected chi connectivity index (χ1v) is 7.57. The maximum atomic E-state index is 12.3. The van der Waals surface area contributed by atoms with Crippen LogP contribution in [0.2, 0.25) is 0 Å². The van der Waals surface area contributed by atoms with E-state index in [-0.39, 0.29) is 16.9 Å². The number of hydrogen-bond donors (Lipinski definition) is 1. The third-order valence-corrected chi connectivity index (χ3v) is 3.90. The number of phenolic OH excluding ortho intramolecular Hbond substituents is 1. The summed E-state index contributed by atoms with van der Waals surface area (Å²) in [4.78, 5) is 12.3. The number of hydrogen-bond acceptors (Lipinski definition) is 5. The van der Waals surface area contributed by atoms with Gasteiger partial charge in [-0.05, 0) is 30.2 Å². The summed E-state index contributed by atoms with van der Waals surface area (Å²) in [5.74, 6) is 1.58. The van der Waals surface area contributed by atoms with Crippen LogP contribution >= 0.6 is 0 Å². The zero-order chi connectivity index (χ0) is 17.1. The Bertz CT molecular complexity index is 909. The molecule has 1 aromatic heterocycles. The van der Waals surface area contributed by atoms with Crippen molar-refractivity contribution in [2.75, 3.05) is 14.2 Å². The van der Waals surface area contributed by atoms with Crippen molar-refractivity contribution in [3.63, 3.8) is 0 Å². The van der Waals surface area contributed by atoms with E-state index in [1.807, 2.05) is 24.3 Å².